The zero-order valence-corrected chi connectivity index (χ0v) is 21.4. The van der Waals surface area contributed by atoms with E-state index in [9.17, 15) is 0 Å². The molecule has 0 fully saturated rings. The van der Waals surface area contributed by atoms with Gasteiger partial charge < -0.3 is 4.42 Å². The Balaban J connectivity index is 1.45. The fraction of sp³-hybridized carbons (Fsp3) is 0. The van der Waals surface area contributed by atoms with Crippen molar-refractivity contribution < 1.29 is 4.42 Å². The zero-order chi connectivity index (χ0) is 25.5. The van der Waals surface area contributed by atoms with Crippen molar-refractivity contribution in [3.8, 4) is 17.2 Å². The molecule has 9 rings (SSSR count). The van der Waals surface area contributed by atoms with Gasteiger partial charge in [-0.3, -0.25) is 4.57 Å². The molecule has 39 heavy (non-hydrogen) atoms. The minimum Gasteiger partial charge on any atom is -0.455 e. The molecule has 4 heterocycles. The number of hydrogen-bond acceptors (Lipinski definition) is 4. The Morgan fingerprint density at radius 2 is 1.18 bits per heavy atom. The van der Waals surface area contributed by atoms with Crippen LogP contribution < -0.4 is 0 Å². The maximum Gasteiger partial charge on any atom is 0.235 e. The van der Waals surface area contributed by atoms with E-state index in [0.29, 0.717) is 5.95 Å². The summed E-state index contributed by atoms with van der Waals surface area (Å²) in [6.07, 6.45) is 0. The van der Waals surface area contributed by atoms with Crippen molar-refractivity contribution in [2.24, 2.45) is 0 Å². The molecule has 0 atom stereocenters. The Bertz CT molecular complexity index is 2340. The van der Waals surface area contributed by atoms with Crippen molar-refractivity contribution in [1.82, 2.24) is 14.5 Å². The first-order chi connectivity index (χ1) is 19.3. The lowest BCUT2D eigenvalue weighted by Crippen LogP contribution is -2.02. The van der Waals surface area contributed by atoms with E-state index in [4.69, 9.17) is 14.4 Å². The van der Waals surface area contributed by atoms with E-state index in [1.807, 2.05) is 18.2 Å². The third kappa shape index (κ3) is 2.88. The van der Waals surface area contributed by atoms with E-state index >= 15 is 0 Å². The highest BCUT2D eigenvalue weighted by molar-refractivity contribution is 7.27. The van der Waals surface area contributed by atoms with E-state index < -0.39 is 0 Å². The van der Waals surface area contributed by atoms with E-state index in [1.165, 1.54) is 10.8 Å². The molecule has 0 saturated carbocycles. The Morgan fingerprint density at radius 1 is 0.538 bits per heavy atom. The number of furan rings is 1. The summed E-state index contributed by atoms with van der Waals surface area (Å²) in [7, 11) is 0. The number of aromatic nitrogens is 3. The van der Waals surface area contributed by atoms with Gasteiger partial charge in [-0.2, -0.15) is 0 Å². The van der Waals surface area contributed by atoms with Crippen molar-refractivity contribution in [2.45, 2.75) is 0 Å². The lowest BCUT2D eigenvalue weighted by Gasteiger charge is -2.10. The fourth-order valence-electron chi connectivity index (χ4n) is 5.90. The Labute approximate surface area is 226 Å². The fourth-order valence-corrected chi connectivity index (χ4v) is 7.14. The molecule has 0 aliphatic heterocycles. The van der Waals surface area contributed by atoms with Gasteiger partial charge in [0.05, 0.1) is 31.6 Å². The standard InChI is InChI=1S/C34H19N3OS/c1-2-10-20(11-3-1)29-33-30(25-19-18-24-23-14-6-9-17-28(23)38-31(24)32(25)39-33)36-34(35-29)37-26-15-7-4-12-21(26)22-13-5-8-16-27(22)37/h1-19H. The minimum absolute atomic E-state index is 0.670. The lowest BCUT2D eigenvalue weighted by molar-refractivity contribution is 0.673. The van der Waals surface area contributed by atoms with Crippen LogP contribution in [0.4, 0.5) is 0 Å². The molecule has 0 spiro atoms. The van der Waals surface area contributed by atoms with Crippen LogP contribution in [0.15, 0.2) is 120 Å². The molecule has 4 nitrogen and oxygen atoms in total. The summed E-state index contributed by atoms with van der Waals surface area (Å²) >= 11 is 1.71. The van der Waals surface area contributed by atoms with Crippen LogP contribution in [0.2, 0.25) is 0 Å². The van der Waals surface area contributed by atoms with Gasteiger partial charge in [-0.1, -0.05) is 91.0 Å². The number of hydrogen-bond donors (Lipinski definition) is 0. The first-order valence-corrected chi connectivity index (χ1v) is 13.8. The van der Waals surface area contributed by atoms with Gasteiger partial charge in [0.2, 0.25) is 5.95 Å². The van der Waals surface area contributed by atoms with Gasteiger partial charge in [0.1, 0.15) is 5.58 Å². The van der Waals surface area contributed by atoms with Gasteiger partial charge in [-0.15, -0.1) is 11.3 Å². The quantitative estimate of drug-likeness (QED) is 0.229. The van der Waals surface area contributed by atoms with Crippen LogP contribution in [-0.4, -0.2) is 14.5 Å². The molecule has 0 saturated heterocycles. The van der Waals surface area contributed by atoms with E-state index in [1.54, 1.807) is 11.3 Å². The summed E-state index contributed by atoms with van der Waals surface area (Å²) in [4.78, 5) is 10.5. The molecule has 5 heteroatoms. The molecule has 182 valence electrons. The minimum atomic E-state index is 0.670. The number of fused-ring (bicyclic) bond motifs is 10. The summed E-state index contributed by atoms with van der Waals surface area (Å²) < 4.78 is 10.8. The van der Waals surface area contributed by atoms with Gasteiger partial charge >= 0.3 is 0 Å². The van der Waals surface area contributed by atoms with Gasteiger partial charge in [-0.25, -0.2) is 9.97 Å². The predicted octanol–water partition coefficient (Wildman–Crippen LogP) is 9.51. The summed E-state index contributed by atoms with van der Waals surface area (Å²) in [5, 5.41) is 5.73. The van der Waals surface area contributed by atoms with Crippen LogP contribution in [-0.2, 0) is 0 Å². The summed E-state index contributed by atoms with van der Waals surface area (Å²) in [6.45, 7) is 0. The maximum atomic E-state index is 6.42. The molecule has 0 aliphatic rings. The average Bonchev–Trinajstić information content (AvgIpc) is 3.67. The summed E-state index contributed by atoms with van der Waals surface area (Å²) in [5.74, 6) is 0.670. The monoisotopic (exact) mass is 517 g/mol. The topological polar surface area (TPSA) is 43.9 Å². The second-order valence-corrected chi connectivity index (χ2v) is 10.8. The Morgan fingerprint density at radius 3 is 1.95 bits per heavy atom. The maximum absolute atomic E-state index is 6.42. The molecular formula is C34H19N3OS. The van der Waals surface area contributed by atoms with Crippen LogP contribution >= 0.6 is 11.3 Å². The van der Waals surface area contributed by atoms with Crippen molar-refractivity contribution in [1.29, 1.82) is 0 Å². The van der Waals surface area contributed by atoms with Crippen LogP contribution in [0.5, 0.6) is 0 Å². The molecule has 9 aromatic rings. The van der Waals surface area contributed by atoms with Crippen LogP contribution in [0.25, 0.3) is 81.3 Å². The molecule has 5 aromatic carbocycles. The molecule has 0 aliphatic carbocycles. The van der Waals surface area contributed by atoms with E-state index in [-0.39, 0.29) is 0 Å². The average molecular weight is 518 g/mol. The molecule has 0 amide bonds. The number of nitrogens with zero attached hydrogens (tertiary/aromatic N) is 3. The third-order valence-electron chi connectivity index (χ3n) is 7.64. The van der Waals surface area contributed by atoms with E-state index in [0.717, 1.165) is 64.5 Å². The Hall–Kier alpha value is -5.00. The van der Waals surface area contributed by atoms with Crippen molar-refractivity contribution in [2.75, 3.05) is 0 Å². The first kappa shape index (κ1) is 21.0. The van der Waals surface area contributed by atoms with Crippen molar-refractivity contribution in [3.63, 3.8) is 0 Å². The lowest BCUT2D eigenvalue weighted by atomic mass is 10.1. The normalized spacial score (nSPS) is 12.1. The number of thiophene rings is 1. The number of benzene rings is 5. The molecule has 0 N–H and O–H groups in total. The SMILES string of the molecule is c1ccc(-c2nc(-n3c4ccccc4c4ccccc43)nc3c2sc2c3ccc3c4ccccc4oc32)cc1. The highest BCUT2D eigenvalue weighted by Crippen LogP contribution is 2.44. The van der Waals surface area contributed by atoms with E-state index in [2.05, 4.69) is 102 Å². The van der Waals surface area contributed by atoms with Gasteiger partial charge in [-0.05, 0) is 24.3 Å². The van der Waals surface area contributed by atoms with Crippen LogP contribution in [0.1, 0.15) is 0 Å². The summed E-state index contributed by atoms with van der Waals surface area (Å²) in [5.41, 5.74) is 6.95. The highest BCUT2D eigenvalue weighted by Gasteiger charge is 2.21. The third-order valence-corrected chi connectivity index (χ3v) is 8.84. The summed E-state index contributed by atoms with van der Waals surface area (Å²) in [6, 6.07) is 40.0. The zero-order valence-electron chi connectivity index (χ0n) is 20.6. The second-order valence-electron chi connectivity index (χ2n) is 9.80. The molecular weight excluding hydrogens is 498 g/mol. The second kappa shape index (κ2) is 7.76. The van der Waals surface area contributed by atoms with Gasteiger partial charge in [0.15, 0.2) is 5.58 Å². The number of para-hydroxylation sites is 3. The molecule has 0 unspecified atom stereocenters. The van der Waals surface area contributed by atoms with Crippen LogP contribution in [0.3, 0.4) is 0 Å². The van der Waals surface area contributed by atoms with Gasteiger partial charge in [0.25, 0.3) is 0 Å². The predicted molar refractivity (Wildman–Crippen MR) is 162 cm³/mol. The highest BCUT2D eigenvalue weighted by atomic mass is 32.1. The molecule has 0 bridgehead atoms. The molecule has 0 radical (unpaired) electrons. The Kier molecular flexibility index (Phi) is 4.18. The smallest absolute Gasteiger partial charge is 0.235 e. The first-order valence-electron chi connectivity index (χ1n) is 12.9. The van der Waals surface area contributed by atoms with Crippen molar-refractivity contribution in [3.05, 3.63) is 115 Å². The molecule has 4 aromatic heterocycles. The van der Waals surface area contributed by atoms with Crippen LogP contribution in [0, 0.1) is 0 Å². The van der Waals surface area contributed by atoms with Gasteiger partial charge in [0, 0.05) is 32.5 Å². The van der Waals surface area contributed by atoms with Crippen molar-refractivity contribution >= 4 is 75.4 Å². The largest absolute Gasteiger partial charge is 0.455 e. The number of rotatable bonds is 2.